The number of nitrogens with one attached hydrogen (secondary N) is 3. The topological polar surface area (TPSA) is 57.1 Å². The van der Waals surface area contributed by atoms with Crippen molar-refractivity contribution in [3.63, 3.8) is 0 Å². The van der Waals surface area contributed by atoms with E-state index in [4.69, 9.17) is 10.1 Å². The van der Waals surface area contributed by atoms with Gasteiger partial charge in [-0.05, 0) is 35.0 Å². The molecule has 2 atom stereocenters. The van der Waals surface area contributed by atoms with Crippen LogP contribution >= 0.6 is 15.9 Å². The molecule has 1 aromatic carbocycles. The van der Waals surface area contributed by atoms with Gasteiger partial charge < -0.3 is 15.4 Å². The van der Waals surface area contributed by atoms with Crippen LogP contribution in [0.2, 0.25) is 0 Å². The second-order valence-electron chi connectivity index (χ2n) is 4.38. The highest BCUT2D eigenvalue weighted by atomic mass is 79.9. The van der Waals surface area contributed by atoms with Gasteiger partial charge in [0.05, 0.1) is 12.1 Å². The zero-order chi connectivity index (χ0) is 13.0. The Morgan fingerprint density at radius 2 is 2.28 bits per heavy atom. The molecule has 0 unspecified atom stereocenters. The van der Waals surface area contributed by atoms with Crippen molar-refractivity contribution in [2.75, 3.05) is 25.5 Å². The van der Waals surface area contributed by atoms with Crippen molar-refractivity contribution in [1.82, 2.24) is 5.32 Å². The summed E-state index contributed by atoms with van der Waals surface area (Å²) in [5, 5.41) is 14.5. The first-order chi connectivity index (χ1) is 8.72. The molecule has 2 rings (SSSR count). The van der Waals surface area contributed by atoms with Gasteiger partial charge in [0.2, 0.25) is 0 Å². The summed E-state index contributed by atoms with van der Waals surface area (Å²) < 4.78 is 5.88. The summed E-state index contributed by atoms with van der Waals surface area (Å²) in [5.74, 6) is 0. The smallest absolute Gasteiger partial charge is 0.106 e. The molecular weight excluding hydrogens is 294 g/mol. The lowest BCUT2D eigenvalue weighted by atomic mass is 10.0. The Labute approximate surface area is 116 Å². The normalized spacial score (nSPS) is 23.7. The highest BCUT2D eigenvalue weighted by molar-refractivity contribution is 9.18. The minimum atomic E-state index is 0.163. The maximum Gasteiger partial charge on any atom is 0.106 e. The molecule has 0 aromatic heterocycles. The van der Waals surface area contributed by atoms with Gasteiger partial charge in [0.25, 0.3) is 0 Å². The second kappa shape index (κ2) is 6.31. The van der Waals surface area contributed by atoms with Crippen LogP contribution in [0.25, 0.3) is 0 Å². The summed E-state index contributed by atoms with van der Waals surface area (Å²) in [5.41, 5.74) is 1.86. The van der Waals surface area contributed by atoms with Gasteiger partial charge in [0.1, 0.15) is 4.62 Å². The van der Waals surface area contributed by atoms with Crippen LogP contribution in [0.3, 0.4) is 0 Å². The number of anilines is 1. The molecule has 98 valence electrons. The Morgan fingerprint density at radius 3 is 3.00 bits per heavy atom. The first-order valence-corrected chi connectivity index (χ1v) is 6.85. The molecule has 3 N–H and O–H groups in total. The Hall–Kier alpha value is -0.910. The number of rotatable bonds is 4. The molecule has 0 aliphatic carbocycles. The Kier molecular flexibility index (Phi) is 4.74. The van der Waals surface area contributed by atoms with Gasteiger partial charge in [0.15, 0.2) is 0 Å². The molecule has 18 heavy (non-hydrogen) atoms. The molecule has 5 heteroatoms. The van der Waals surface area contributed by atoms with Crippen molar-refractivity contribution in [3.8, 4) is 0 Å². The Morgan fingerprint density at radius 1 is 1.50 bits per heavy atom. The Balaban J connectivity index is 2.15. The third-order valence-electron chi connectivity index (χ3n) is 3.23. The molecule has 0 amide bonds. The van der Waals surface area contributed by atoms with E-state index < -0.39 is 0 Å². The van der Waals surface area contributed by atoms with E-state index in [-0.39, 0.29) is 12.1 Å². The van der Waals surface area contributed by atoms with Crippen molar-refractivity contribution in [2.24, 2.45) is 0 Å². The molecule has 0 saturated carbocycles. The van der Waals surface area contributed by atoms with E-state index in [0.717, 1.165) is 30.8 Å². The zero-order valence-corrected chi connectivity index (χ0v) is 12.0. The van der Waals surface area contributed by atoms with Gasteiger partial charge in [0, 0.05) is 24.9 Å². The Bertz CT molecular complexity index is 424. The van der Waals surface area contributed by atoms with Crippen LogP contribution in [0, 0.1) is 5.41 Å². The molecule has 4 nitrogen and oxygen atoms in total. The van der Waals surface area contributed by atoms with E-state index in [1.54, 1.807) is 7.11 Å². The van der Waals surface area contributed by atoms with Crippen LogP contribution < -0.4 is 10.6 Å². The molecule has 1 saturated heterocycles. The van der Waals surface area contributed by atoms with Gasteiger partial charge in [-0.15, -0.1) is 0 Å². The van der Waals surface area contributed by atoms with E-state index in [1.165, 1.54) is 0 Å². The number of halogens is 1. The summed E-state index contributed by atoms with van der Waals surface area (Å²) in [6, 6.07) is 8.13. The zero-order valence-electron chi connectivity index (χ0n) is 10.4. The lowest BCUT2D eigenvalue weighted by Gasteiger charge is -2.32. The maximum atomic E-state index is 7.72. The SMILES string of the molecule is CO[C@@H]1CNCC[C@@H]1Nc1ccccc1C(=N)Br. The first kappa shape index (κ1) is 13.5. The van der Waals surface area contributed by atoms with Gasteiger partial charge in [-0.25, -0.2) is 0 Å². The number of hydrogen-bond acceptors (Lipinski definition) is 4. The van der Waals surface area contributed by atoms with Crippen LogP contribution in [-0.2, 0) is 4.74 Å². The van der Waals surface area contributed by atoms with Crippen molar-refractivity contribution >= 4 is 26.2 Å². The standard InChI is InChI=1S/C13H18BrN3O/c1-18-12-8-16-7-6-11(12)17-10-5-3-2-4-9(10)13(14)15/h2-5,11-12,15-17H,6-8H2,1H3/t11-,12+/m0/s1. The van der Waals surface area contributed by atoms with E-state index in [1.807, 2.05) is 24.3 Å². The molecule has 1 aliphatic heterocycles. The van der Waals surface area contributed by atoms with Crippen LogP contribution in [-0.4, -0.2) is 37.0 Å². The van der Waals surface area contributed by atoms with Crippen LogP contribution in [0.15, 0.2) is 24.3 Å². The average molecular weight is 312 g/mol. The first-order valence-electron chi connectivity index (χ1n) is 6.06. The van der Waals surface area contributed by atoms with E-state index in [0.29, 0.717) is 4.62 Å². The molecule has 0 radical (unpaired) electrons. The number of para-hydroxylation sites is 1. The van der Waals surface area contributed by atoms with E-state index >= 15 is 0 Å². The van der Waals surface area contributed by atoms with Crippen LogP contribution in [0.1, 0.15) is 12.0 Å². The molecule has 1 aromatic rings. The molecule has 1 aliphatic rings. The van der Waals surface area contributed by atoms with Crippen molar-refractivity contribution < 1.29 is 4.74 Å². The highest BCUT2D eigenvalue weighted by Crippen LogP contribution is 2.21. The minimum absolute atomic E-state index is 0.163. The van der Waals surface area contributed by atoms with Crippen molar-refractivity contribution in [1.29, 1.82) is 5.41 Å². The number of benzene rings is 1. The summed E-state index contributed by atoms with van der Waals surface area (Å²) in [6.07, 6.45) is 1.18. The van der Waals surface area contributed by atoms with Crippen LogP contribution in [0.5, 0.6) is 0 Å². The monoisotopic (exact) mass is 311 g/mol. The molecule has 0 spiro atoms. The fourth-order valence-electron chi connectivity index (χ4n) is 2.24. The third-order valence-corrected chi connectivity index (χ3v) is 3.66. The fraction of sp³-hybridized carbons (Fsp3) is 0.462. The summed E-state index contributed by atoms with van der Waals surface area (Å²) >= 11 is 3.23. The molecule has 1 fully saturated rings. The molecule has 0 bridgehead atoms. The highest BCUT2D eigenvalue weighted by Gasteiger charge is 2.25. The third kappa shape index (κ3) is 3.10. The van der Waals surface area contributed by atoms with Crippen molar-refractivity contribution in [3.05, 3.63) is 29.8 Å². The maximum absolute atomic E-state index is 7.72. The number of ether oxygens (including phenoxy) is 1. The fourth-order valence-corrected chi connectivity index (χ4v) is 2.59. The minimum Gasteiger partial charge on any atom is -0.379 e. The summed E-state index contributed by atoms with van der Waals surface area (Å²) in [6.45, 7) is 1.85. The predicted molar refractivity (Wildman–Crippen MR) is 77.9 cm³/mol. The van der Waals surface area contributed by atoms with Gasteiger partial charge in [-0.2, -0.15) is 0 Å². The largest absolute Gasteiger partial charge is 0.379 e. The van der Waals surface area contributed by atoms with Gasteiger partial charge >= 0.3 is 0 Å². The van der Waals surface area contributed by atoms with Gasteiger partial charge in [-0.1, -0.05) is 18.2 Å². The average Bonchev–Trinajstić information content (AvgIpc) is 2.40. The van der Waals surface area contributed by atoms with Crippen LogP contribution in [0.4, 0.5) is 5.69 Å². The number of methoxy groups -OCH3 is 1. The van der Waals surface area contributed by atoms with Crippen molar-refractivity contribution in [2.45, 2.75) is 18.6 Å². The van der Waals surface area contributed by atoms with E-state index in [9.17, 15) is 0 Å². The van der Waals surface area contributed by atoms with E-state index in [2.05, 4.69) is 26.6 Å². The van der Waals surface area contributed by atoms with Gasteiger partial charge in [-0.3, -0.25) is 5.41 Å². The lowest BCUT2D eigenvalue weighted by Crippen LogP contribution is -2.48. The molecular formula is C13H18BrN3O. The number of hydrogen-bond donors (Lipinski definition) is 3. The molecule has 1 heterocycles. The quantitative estimate of drug-likeness (QED) is 0.747. The summed E-state index contributed by atoms with van der Waals surface area (Å²) in [4.78, 5) is 0. The number of piperidine rings is 1. The second-order valence-corrected chi connectivity index (χ2v) is 5.17. The predicted octanol–water partition coefficient (Wildman–Crippen LogP) is 2.20. The summed E-state index contributed by atoms with van der Waals surface area (Å²) in [7, 11) is 1.74. The lowest BCUT2D eigenvalue weighted by molar-refractivity contribution is 0.0707.